The second-order valence-corrected chi connectivity index (χ2v) is 5.33. The number of nitrogens with zero attached hydrogens (tertiary/aromatic N) is 1. The highest BCUT2D eigenvalue weighted by molar-refractivity contribution is 5.46. The van der Waals surface area contributed by atoms with E-state index in [-0.39, 0.29) is 0 Å². The maximum Gasteiger partial charge on any atom is 0.165 e. The molecule has 1 fully saturated rings. The Labute approximate surface area is 122 Å². The van der Waals surface area contributed by atoms with Crippen LogP contribution < -0.4 is 14.8 Å². The van der Waals surface area contributed by atoms with Gasteiger partial charge in [0.2, 0.25) is 0 Å². The molecule has 1 aromatic carbocycles. The van der Waals surface area contributed by atoms with E-state index in [1.807, 2.05) is 12.1 Å². The van der Waals surface area contributed by atoms with E-state index in [0.717, 1.165) is 36.1 Å². The van der Waals surface area contributed by atoms with Crippen molar-refractivity contribution in [3.05, 3.63) is 23.8 Å². The smallest absolute Gasteiger partial charge is 0.165 e. The molecule has 0 aromatic heterocycles. The average Bonchev–Trinajstić information content (AvgIpc) is 2.94. The molecule has 0 unspecified atom stereocenters. The van der Waals surface area contributed by atoms with Crippen LogP contribution in [0.1, 0.15) is 18.9 Å². The molecule has 4 heteroatoms. The summed E-state index contributed by atoms with van der Waals surface area (Å²) in [7, 11) is 3.37. The zero-order chi connectivity index (χ0) is 14.4. The topological polar surface area (TPSA) is 33.7 Å². The minimum absolute atomic E-state index is 0.770. The van der Waals surface area contributed by atoms with Crippen molar-refractivity contribution in [2.45, 2.75) is 19.9 Å². The third-order valence-corrected chi connectivity index (χ3v) is 4.05. The van der Waals surface area contributed by atoms with E-state index in [1.54, 1.807) is 14.2 Å². The lowest BCUT2D eigenvalue weighted by molar-refractivity contribution is 0.337. The Bertz CT molecular complexity index is 423. The van der Waals surface area contributed by atoms with Crippen LogP contribution in [-0.4, -0.2) is 45.3 Å². The number of methoxy groups -OCH3 is 2. The van der Waals surface area contributed by atoms with E-state index < -0.39 is 0 Å². The Kier molecular flexibility index (Phi) is 5.68. The van der Waals surface area contributed by atoms with Gasteiger partial charge < -0.3 is 19.7 Å². The number of hydrogen-bond donors (Lipinski definition) is 1. The standard InChI is InChI=1S/C16H26N2O2/c1-4-18-9-8-13(12-18)10-17-11-14-6-5-7-15(19-2)16(14)20-3/h5-7,13,17H,4,8-12H2,1-3H3/t13-/m0/s1. The third kappa shape index (κ3) is 3.64. The van der Waals surface area contributed by atoms with Crippen LogP contribution in [0.5, 0.6) is 11.5 Å². The minimum Gasteiger partial charge on any atom is -0.493 e. The summed E-state index contributed by atoms with van der Waals surface area (Å²) in [5.74, 6) is 2.40. The molecule has 0 aliphatic carbocycles. The van der Waals surface area contributed by atoms with Crippen molar-refractivity contribution in [3.8, 4) is 11.5 Å². The molecule has 0 saturated carbocycles. The quantitative estimate of drug-likeness (QED) is 0.828. The molecule has 112 valence electrons. The molecule has 0 radical (unpaired) electrons. The molecule has 0 spiro atoms. The molecule has 1 saturated heterocycles. The van der Waals surface area contributed by atoms with Crippen molar-refractivity contribution in [1.82, 2.24) is 10.2 Å². The van der Waals surface area contributed by atoms with Gasteiger partial charge >= 0.3 is 0 Å². The average molecular weight is 278 g/mol. The molecule has 0 bridgehead atoms. The molecule has 20 heavy (non-hydrogen) atoms. The molecule has 1 aliphatic heterocycles. The highest BCUT2D eigenvalue weighted by Crippen LogP contribution is 2.30. The van der Waals surface area contributed by atoms with Crippen LogP contribution in [0, 0.1) is 5.92 Å². The second-order valence-electron chi connectivity index (χ2n) is 5.33. The van der Waals surface area contributed by atoms with Crippen LogP contribution in [0.15, 0.2) is 18.2 Å². The first-order valence-corrected chi connectivity index (χ1v) is 7.41. The van der Waals surface area contributed by atoms with Crippen LogP contribution in [0.25, 0.3) is 0 Å². The normalized spacial score (nSPS) is 19.2. The molecule has 0 amide bonds. The van der Waals surface area contributed by atoms with Gasteiger partial charge in [-0.25, -0.2) is 0 Å². The Morgan fingerprint density at radius 2 is 2.15 bits per heavy atom. The van der Waals surface area contributed by atoms with Gasteiger partial charge in [-0.15, -0.1) is 0 Å². The van der Waals surface area contributed by atoms with Gasteiger partial charge in [-0.05, 0) is 38.0 Å². The monoisotopic (exact) mass is 278 g/mol. The maximum absolute atomic E-state index is 5.45. The molecule has 1 N–H and O–H groups in total. The number of nitrogens with one attached hydrogen (secondary N) is 1. The number of likely N-dealkylation sites (tertiary alicyclic amines) is 1. The molecule has 1 atom stereocenters. The lowest BCUT2D eigenvalue weighted by atomic mass is 10.1. The molecule has 1 aliphatic rings. The maximum atomic E-state index is 5.45. The van der Waals surface area contributed by atoms with Crippen molar-refractivity contribution in [2.75, 3.05) is 40.4 Å². The summed E-state index contributed by atoms with van der Waals surface area (Å²) in [5.41, 5.74) is 1.15. The van der Waals surface area contributed by atoms with E-state index in [4.69, 9.17) is 9.47 Å². The lowest BCUT2D eigenvalue weighted by Gasteiger charge is -2.15. The van der Waals surface area contributed by atoms with Crippen molar-refractivity contribution >= 4 is 0 Å². The summed E-state index contributed by atoms with van der Waals surface area (Å²) < 4.78 is 10.8. The summed E-state index contributed by atoms with van der Waals surface area (Å²) >= 11 is 0. The van der Waals surface area contributed by atoms with Gasteiger partial charge in [0, 0.05) is 18.7 Å². The number of benzene rings is 1. The van der Waals surface area contributed by atoms with Crippen molar-refractivity contribution in [2.24, 2.45) is 5.92 Å². The number of para-hydroxylation sites is 1. The first-order valence-electron chi connectivity index (χ1n) is 7.41. The minimum atomic E-state index is 0.770. The highest BCUT2D eigenvalue weighted by Gasteiger charge is 2.20. The number of hydrogen-bond acceptors (Lipinski definition) is 4. The second kappa shape index (κ2) is 7.50. The number of rotatable bonds is 7. The number of ether oxygens (including phenoxy) is 2. The van der Waals surface area contributed by atoms with Crippen molar-refractivity contribution in [3.63, 3.8) is 0 Å². The molecular weight excluding hydrogens is 252 g/mol. The summed E-state index contributed by atoms with van der Waals surface area (Å²) in [6.45, 7) is 7.75. The molecular formula is C16H26N2O2. The summed E-state index contributed by atoms with van der Waals surface area (Å²) in [5, 5.41) is 3.55. The summed E-state index contributed by atoms with van der Waals surface area (Å²) in [4.78, 5) is 2.51. The molecule has 2 rings (SSSR count). The molecule has 1 heterocycles. The largest absolute Gasteiger partial charge is 0.493 e. The lowest BCUT2D eigenvalue weighted by Crippen LogP contribution is -2.26. The predicted molar refractivity (Wildman–Crippen MR) is 81.5 cm³/mol. The van der Waals surface area contributed by atoms with Gasteiger partial charge in [-0.2, -0.15) is 0 Å². The van der Waals surface area contributed by atoms with E-state index in [1.165, 1.54) is 26.1 Å². The molecule has 4 nitrogen and oxygen atoms in total. The zero-order valence-corrected chi connectivity index (χ0v) is 12.8. The van der Waals surface area contributed by atoms with E-state index >= 15 is 0 Å². The van der Waals surface area contributed by atoms with Gasteiger partial charge in [-0.3, -0.25) is 0 Å². The Morgan fingerprint density at radius 1 is 1.30 bits per heavy atom. The van der Waals surface area contributed by atoms with Crippen LogP contribution >= 0.6 is 0 Å². The van der Waals surface area contributed by atoms with Gasteiger partial charge in [0.1, 0.15) is 0 Å². The van der Waals surface area contributed by atoms with Gasteiger partial charge in [0.25, 0.3) is 0 Å². The van der Waals surface area contributed by atoms with Crippen LogP contribution in [0.3, 0.4) is 0 Å². The van der Waals surface area contributed by atoms with Crippen molar-refractivity contribution < 1.29 is 9.47 Å². The van der Waals surface area contributed by atoms with Gasteiger partial charge in [-0.1, -0.05) is 19.1 Å². The zero-order valence-electron chi connectivity index (χ0n) is 12.8. The molecule has 1 aromatic rings. The Morgan fingerprint density at radius 3 is 2.80 bits per heavy atom. The predicted octanol–water partition coefficient (Wildman–Crippen LogP) is 2.14. The highest BCUT2D eigenvalue weighted by atomic mass is 16.5. The fourth-order valence-electron chi connectivity index (χ4n) is 2.87. The fraction of sp³-hybridized carbons (Fsp3) is 0.625. The van der Waals surface area contributed by atoms with E-state index in [9.17, 15) is 0 Å². The summed E-state index contributed by atoms with van der Waals surface area (Å²) in [6, 6.07) is 6.02. The van der Waals surface area contributed by atoms with Gasteiger partial charge in [0.15, 0.2) is 11.5 Å². The van der Waals surface area contributed by atoms with Crippen molar-refractivity contribution in [1.29, 1.82) is 0 Å². The first kappa shape index (κ1) is 15.1. The Hall–Kier alpha value is -1.26. The SMILES string of the molecule is CCN1CC[C@@H](CNCc2cccc(OC)c2OC)C1. The van der Waals surface area contributed by atoms with Crippen LogP contribution in [0.2, 0.25) is 0 Å². The first-order chi connectivity index (χ1) is 9.78. The van der Waals surface area contributed by atoms with E-state index in [0.29, 0.717) is 0 Å². The van der Waals surface area contributed by atoms with E-state index in [2.05, 4.69) is 23.2 Å². The van der Waals surface area contributed by atoms with Crippen LogP contribution in [0.4, 0.5) is 0 Å². The summed E-state index contributed by atoms with van der Waals surface area (Å²) in [6.07, 6.45) is 1.30. The fourth-order valence-corrected chi connectivity index (χ4v) is 2.87. The van der Waals surface area contributed by atoms with Gasteiger partial charge in [0.05, 0.1) is 14.2 Å². The Balaban J connectivity index is 1.85. The van der Waals surface area contributed by atoms with Crippen LogP contribution in [-0.2, 0) is 6.54 Å². The third-order valence-electron chi connectivity index (χ3n) is 4.05.